The fourth-order valence-corrected chi connectivity index (χ4v) is 1.39. The van der Waals surface area contributed by atoms with Crippen LogP contribution in [0.5, 0.6) is 0 Å². The predicted octanol–water partition coefficient (Wildman–Crippen LogP) is 1.47. The molecular formula is C10H5BrNO3-. The van der Waals surface area contributed by atoms with E-state index in [1.54, 1.807) is 12.1 Å². The third-order valence-corrected chi connectivity index (χ3v) is 2.38. The van der Waals surface area contributed by atoms with Crippen LogP contribution in [0.25, 0.3) is 11.3 Å². The summed E-state index contributed by atoms with van der Waals surface area (Å²) in [5.41, 5.74) is 0.561. The molecule has 0 saturated carbocycles. The minimum absolute atomic E-state index is 0.201. The molecule has 0 unspecified atom stereocenters. The summed E-state index contributed by atoms with van der Waals surface area (Å²) in [6.07, 6.45) is 0. The first-order chi connectivity index (χ1) is 7.16. The van der Waals surface area contributed by atoms with Gasteiger partial charge in [0.25, 0.3) is 0 Å². The number of benzene rings is 1. The summed E-state index contributed by atoms with van der Waals surface area (Å²) in [5.74, 6) is -0.941. The molecule has 0 aliphatic carbocycles. The summed E-state index contributed by atoms with van der Waals surface area (Å²) in [6.45, 7) is 0. The van der Waals surface area contributed by atoms with Crippen molar-refractivity contribution in [1.29, 1.82) is 0 Å². The molecule has 2 rings (SSSR count). The van der Waals surface area contributed by atoms with Gasteiger partial charge in [-0.2, -0.15) is 0 Å². The van der Waals surface area contributed by atoms with Gasteiger partial charge >= 0.3 is 0 Å². The first-order valence-electron chi connectivity index (χ1n) is 4.11. The maximum absolute atomic E-state index is 10.5. The van der Waals surface area contributed by atoms with E-state index in [0.29, 0.717) is 5.76 Å². The van der Waals surface area contributed by atoms with E-state index in [0.717, 1.165) is 10.0 Å². The van der Waals surface area contributed by atoms with Crippen LogP contribution in [-0.4, -0.2) is 11.1 Å². The minimum Gasteiger partial charge on any atom is -0.543 e. The second-order valence-corrected chi connectivity index (χ2v) is 3.79. The van der Waals surface area contributed by atoms with Crippen molar-refractivity contribution >= 4 is 21.9 Å². The molecule has 0 radical (unpaired) electrons. The number of aromatic carboxylic acids is 1. The molecule has 15 heavy (non-hydrogen) atoms. The number of carbonyl (C=O) groups is 1. The number of hydrogen-bond donors (Lipinski definition) is 0. The third-order valence-electron chi connectivity index (χ3n) is 1.85. The molecule has 1 aromatic heterocycles. The molecule has 4 nitrogen and oxygen atoms in total. The fourth-order valence-electron chi connectivity index (χ4n) is 1.12. The molecular weight excluding hydrogens is 262 g/mol. The zero-order valence-electron chi connectivity index (χ0n) is 7.44. The molecule has 0 atom stereocenters. The monoisotopic (exact) mass is 266 g/mol. The van der Waals surface area contributed by atoms with Crippen LogP contribution in [0.15, 0.2) is 39.3 Å². The fraction of sp³-hybridized carbons (Fsp3) is 0. The highest BCUT2D eigenvalue weighted by Crippen LogP contribution is 2.22. The summed E-state index contributed by atoms with van der Waals surface area (Å²) in [5, 5.41) is 13.8. The van der Waals surface area contributed by atoms with Crippen molar-refractivity contribution in [3.8, 4) is 11.3 Å². The van der Waals surface area contributed by atoms with Crippen LogP contribution in [-0.2, 0) is 0 Å². The van der Waals surface area contributed by atoms with Gasteiger partial charge in [0.05, 0.1) is 5.97 Å². The predicted molar refractivity (Wildman–Crippen MR) is 54.0 cm³/mol. The van der Waals surface area contributed by atoms with Gasteiger partial charge in [-0.15, -0.1) is 0 Å². The van der Waals surface area contributed by atoms with Crippen molar-refractivity contribution in [3.63, 3.8) is 0 Å². The lowest BCUT2D eigenvalue weighted by molar-refractivity contribution is -0.255. The second kappa shape index (κ2) is 3.86. The summed E-state index contributed by atoms with van der Waals surface area (Å²) in [7, 11) is 0. The van der Waals surface area contributed by atoms with Gasteiger partial charge in [0, 0.05) is 16.1 Å². The Kier molecular flexibility index (Phi) is 2.55. The quantitative estimate of drug-likeness (QED) is 0.826. The van der Waals surface area contributed by atoms with E-state index >= 15 is 0 Å². The van der Waals surface area contributed by atoms with Crippen LogP contribution in [0.1, 0.15) is 10.5 Å². The molecule has 0 saturated heterocycles. The van der Waals surface area contributed by atoms with Gasteiger partial charge in [-0.25, -0.2) is 0 Å². The van der Waals surface area contributed by atoms with Crippen molar-refractivity contribution < 1.29 is 14.4 Å². The number of nitrogens with zero attached hydrogens (tertiary/aromatic N) is 1. The van der Waals surface area contributed by atoms with E-state index in [-0.39, 0.29) is 5.69 Å². The molecule has 1 heterocycles. The summed E-state index contributed by atoms with van der Waals surface area (Å²) >= 11 is 3.30. The van der Waals surface area contributed by atoms with Crippen LogP contribution < -0.4 is 5.11 Å². The Hall–Kier alpha value is -1.62. The van der Waals surface area contributed by atoms with Crippen molar-refractivity contribution in [2.45, 2.75) is 0 Å². The first kappa shape index (κ1) is 9.92. The van der Waals surface area contributed by atoms with Crippen LogP contribution in [0.4, 0.5) is 0 Å². The van der Waals surface area contributed by atoms with Gasteiger partial charge in [0.2, 0.25) is 0 Å². The number of carboxylic acid groups (broad SMARTS) is 1. The molecule has 5 heteroatoms. The molecule has 0 amide bonds. The van der Waals surface area contributed by atoms with Gasteiger partial charge in [-0.1, -0.05) is 33.2 Å². The summed E-state index contributed by atoms with van der Waals surface area (Å²) < 4.78 is 5.80. The van der Waals surface area contributed by atoms with Crippen LogP contribution in [0.3, 0.4) is 0 Å². The molecule has 2 aromatic rings. The Bertz CT molecular complexity index is 490. The van der Waals surface area contributed by atoms with Crippen LogP contribution >= 0.6 is 15.9 Å². The van der Waals surface area contributed by atoms with E-state index in [4.69, 9.17) is 4.52 Å². The molecule has 0 spiro atoms. The lowest BCUT2D eigenvalue weighted by Gasteiger charge is -1.94. The van der Waals surface area contributed by atoms with Crippen molar-refractivity contribution in [1.82, 2.24) is 5.16 Å². The van der Waals surface area contributed by atoms with Crippen molar-refractivity contribution in [2.75, 3.05) is 0 Å². The number of halogens is 1. The number of hydrogen-bond acceptors (Lipinski definition) is 4. The van der Waals surface area contributed by atoms with Gasteiger partial charge in [0.1, 0.15) is 5.69 Å². The maximum atomic E-state index is 10.5. The summed E-state index contributed by atoms with van der Waals surface area (Å²) in [4.78, 5) is 10.5. The van der Waals surface area contributed by atoms with Crippen molar-refractivity contribution in [3.05, 3.63) is 40.5 Å². The largest absolute Gasteiger partial charge is 0.543 e. The van der Waals surface area contributed by atoms with Crippen LogP contribution in [0.2, 0.25) is 0 Å². The molecule has 0 fully saturated rings. The number of carbonyl (C=O) groups excluding carboxylic acids is 1. The molecule has 0 bridgehead atoms. The van der Waals surface area contributed by atoms with Gasteiger partial charge in [0.15, 0.2) is 5.76 Å². The highest BCUT2D eigenvalue weighted by molar-refractivity contribution is 9.10. The molecule has 0 aliphatic rings. The standard InChI is InChI=1S/C10H6BrNO3/c11-7-3-1-6(2-4-7)9-5-8(10(13)14)12-15-9/h1-5H,(H,13,14)/p-1. The molecule has 0 N–H and O–H groups in total. The van der Waals surface area contributed by atoms with E-state index in [9.17, 15) is 9.90 Å². The lowest BCUT2D eigenvalue weighted by Crippen LogP contribution is -2.22. The molecule has 1 aromatic carbocycles. The average molecular weight is 267 g/mol. The third kappa shape index (κ3) is 2.07. The zero-order chi connectivity index (χ0) is 10.8. The Morgan fingerprint density at radius 1 is 1.33 bits per heavy atom. The van der Waals surface area contributed by atoms with E-state index in [1.807, 2.05) is 12.1 Å². The van der Waals surface area contributed by atoms with Gasteiger partial charge in [-0.3, -0.25) is 0 Å². The highest BCUT2D eigenvalue weighted by Gasteiger charge is 2.06. The highest BCUT2D eigenvalue weighted by atomic mass is 79.9. The van der Waals surface area contributed by atoms with Crippen molar-refractivity contribution in [2.24, 2.45) is 0 Å². The van der Waals surface area contributed by atoms with E-state index < -0.39 is 5.97 Å². The minimum atomic E-state index is -1.35. The second-order valence-electron chi connectivity index (χ2n) is 2.87. The Balaban J connectivity index is 2.37. The molecule has 0 aliphatic heterocycles. The number of rotatable bonds is 2. The average Bonchev–Trinajstić information content (AvgIpc) is 2.68. The van der Waals surface area contributed by atoms with E-state index in [2.05, 4.69) is 21.1 Å². The number of aromatic nitrogens is 1. The Labute approximate surface area is 93.6 Å². The van der Waals surface area contributed by atoms with E-state index in [1.165, 1.54) is 6.07 Å². The topological polar surface area (TPSA) is 66.2 Å². The normalized spacial score (nSPS) is 10.2. The SMILES string of the molecule is O=C([O-])c1cc(-c2ccc(Br)cc2)on1. The van der Waals surface area contributed by atoms with Gasteiger partial charge in [-0.05, 0) is 12.1 Å². The number of carboxylic acids is 1. The van der Waals surface area contributed by atoms with Gasteiger partial charge < -0.3 is 14.4 Å². The zero-order valence-corrected chi connectivity index (χ0v) is 9.02. The smallest absolute Gasteiger partial charge is 0.167 e. The first-order valence-corrected chi connectivity index (χ1v) is 4.90. The molecule has 76 valence electrons. The van der Waals surface area contributed by atoms with Crippen LogP contribution in [0, 0.1) is 0 Å². The Morgan fingerprint density at radius 2 is 2.00 bits per heavy atom. The maximum Gasteiger partial charge on any atom is 0.167 e. The summed E-state index contributed by atoms with van der Waals surface area (Å²) in [6, 6.07) is 8.58. The lowest BCUT2D eigenvalue weighted by atomic mass is 10.2. The Morgan fingerprint density at radius 3 is 2.53 bits per heavy atom.